The van der Waals surface area contributed by atoms with Gasteiger partial charge in [-0.2, -0.15) is 0 Å². The summed E-state index contributed by atoms with van der Waals surface area (Å²) in [5.41, 5.74) is 1.25. The fourth-order valence-electron chi connectivity index (χ4n) is 2.68. The van der Waals surface area contributed by atoms with Crippen molar-refractivity contribution in [3.05, 3.63) is 16.1 Å². The molecule has 1 aliphatic heterocycles. The number of hydrogen-bond donors (Lipinski definition) is 2. The van der Waals surface area contributed by atoms with E-state index in [1.54, 1.807) is 16.2 Å². The minimum atomic E-state index is 0. The van der Waals surface area contributed by atoms with Crippen LogP contribution in [0.4, 0.5) is 0 Å². The molecule has 1 aromatic rings. The molecule has 2 rings (SSSR count). The number of aromatic nitrogens is 1. The highest BCUT2D eigenvalue weighted by Crippen LogP contribution is 2.24. The van der Waals surface area contributed by atoms with E-state index in [1.165, 1.54) is 0 Å². The van der Waals surface area contributed by atoms with Crippen LogP contribution in [-0.2, 0) is 16.6 Å². The van der Waals surface area contributed by atoms with E-state index in [1.807, 2.05) is 7.05 Å². The molecule has 1 aliphatic rings. The number of aliphatic imine (C=N–C) groups is 1. The van der Waals surface area contributed by atoms with Gasteiger partial charge in [-0.15, -0.1) is 35.3 Å². The van der Waals surface area contributed by atoms with Gasteiger partial charge in [-0.05, 0) is 13.3 Å². The molecule has 1 fully saturated rings. The first kappa shape index (κ1) is 23.1. The van der Waals surface area contributed by atoms with Crippen molar-refractivity contribution in [3.63, 3.8) is 0 Å². The second-order valence-corrected chi connectivity index (χ2v) is 8.48. The molecule has 6 nitrogen and oxygen atoms in total. The average molecular weight is 493 g/mol. The van der Waals surface area contributed by atoms with Gasteiger partial charge in [0.15, 0.2) is 5.96 Å². The van der Waals surface area contributed by atoms with E-state index in [2.05, 4.69) is 48.7 Å². The molecule has 0 saturated carbocycles. The molecule has 0 bridgehead atoms. The number of thiazole rings is 1. The summed E-state index contributed by atoms with van der Waals surface area (Å²) in [4.78, 5) is 22.8. The summed E-state index contributed by atoms with van der Waals surface area (Å²) in [6, 6.07) is 0.257. The lowest BCUT2D eigenvalue weighted by molar-refractivity contribution is -0.132. The topological polar surface area (TPSA) is 69.6 Å². The molecule has 1 amide bonds. The lowest BCUT2D eigenvalue weighted by atomic mass is 9.93. The van der Waals surface area contributed by atoms with E-state index in [9.17, 15) is 4.79 Å². The smallest absolute Gasteiger partial charge is 0.222 e. The number of piperidine rings is 1. The zero-order chi connectivity index (χ0) is 18.4. The van der Waals surface area contributed by atoms with Crippen molar-refractivity contribution in [3.8, 4) is 0 Å². The number of nitrogens with one attached hydrogen (secondary N) is 2. The van der Waals surface area contributed by atoms with Gasteiger partial charge < -0.3 is 15.5 Å². The van der Waals surface area contributed by atoms with E-state index in [0.29, 0.717) is 13.0 Å². The minimum absolute atomic E-state index is 0. The fourth-order valence-corrected chi connectivity index (χ4v) is 3.69. The molecule has 0 aromatic carbocycles. The SMILES string of the molecule is CCNC(=NCCc1nc(C(C)(C)C)cs1)NC1CCC(=O)N(C)C1.I. The van der Waals surface area contributed by atoms with Crippen LogP contribution in [0.15, 0.2) is 10.4 Å². The average Bonchev–Trinajstić information content (AvgIpc) is 3.00. The molecule has 148 valence electrons. The van der Waals surface area contributed by atoms with Crippen LogP contribution < -0.4 is 10.6 Å². The molecule has 0 radical (unpaired) electrons. The maximum atomic E-state index is 11.6. The van der Waals surface area contributed by atoms with Gasteiger partial charge in [0.2, 0.25) is 5.91 Å². The van der Waals surface area contributed by atoms with Crippen molar-refractivity contribution >= 4 is 47.2 Å². The van der Waals surface area contributed by atoms with Crippen molar-refractivity contribution in [2.45, 2.75) is 58.4 Å². The summed E-state index contributed by atoms with van der Waals surface area (Å²) < 4.78 is 0. The predicted molar refractivity (Wildman–Crippen MR) is 120 cm³/mol. The molecular formula is C18H32IN5OS. The second kappa shape index (κ2) is 10.4. The normalized spacial score (nSPS) is 18.5. The van der Waals surface area contributed by atoms with Crippen LogP contribution in [0.3, 0.4) is 0 Å². The first-order valence-corrected chi connectivity index (χ1v) is 9.91. The van der Waals surface area contributed by atoms with Crippen molar-refractivity contribution in [2.24, 2.45) is 4.99 Å². The minimum Gasteiger partial charge on any atom is -0.357 e. The van der Waals surface area contributed by atoms with Crippen LogP contribution >= 0.6 is 35.3 Å². The zero-order valence-corrected chi connectivity index (χ0v) is 19.6. The Labute approximate surface area is 178 Å². The van der Waals surface area contributed by atoms with Gasteiger partial charge in [0.1, 0.15) is 0 Å². The molecule has 26 heavy (non-hydrogen) atoms. The Morgan fingerprint density at radius 2 is 2.19 bits per heavy atom. The number of carbonyl (C=O) groups is 1. The van der Waals surface area contributed by atoms with Gasteiger partial charge in [-0.1, -0.05) is 20.8 Å². The highest BCUT2D eigenvalue weighted by atomic mass is 127. The third kappa shape index (κ3) is 7.02. The van der Waals surface area contributed by atoms with Gasteiger partial charge in [0, 0.05) is 56.4 Å². The van der Waals surface area contributed by atoms with Gasteiger partial charge >= 0.3 is 0 Å². The molecule has 1 atom stereocenters. The summed E-state index contributed by atoms with van der Waals surface area (Å²) >= 11 is 1.71. The number of hydrogen-bond acceptors (Lipinski definition) is 4. The number of rotatable bonds is 5. The Morgan fingerprint density at radius 3 is 2.77 bits per heavy atom. The highest BCUT2D eigenvalue weighted by molar-refractivity contribution is 14.0. The number of guanidine groups is 1. The van der Waals surface area contributed by atoms with Gasteiger partial charge in [-0.3, -0.25) is 9.79 Å². The van der Waals surface area contributed by atoms with Gasteiger partial charge in [0.05, 0.1) is 10.7 Å². The lowest BCUT2D eigenvalue weighted by Gasteiger charge is -2.31. The van der Waals surface area contributed by atoms with Crippen LogP contribution in [0.2, 0.25) is 0 Å². The van der Waals surface area contributed by atoms with Crippen molar-refractivity contribution in [1.82, 2.24) is 20.5 Å². The largest absolute Gasteiger partial charge is 0.357 e. The molecule has 1 aromatic heterocycles. The number of halogens is 1. The Bertz CT molecular complexity index is 611. The highest BCUT2D eigenvalue weighted by Gasteiger charge is 2.23. The van der Waals surface area contributed by atoms with Crippen LogP contribution in [0.5, 0.6) is 0 Å². The van der Waals surface area contributed by atoms with Gasteiger partial charge in [-0.25, -0.2) is 4.98 Å². The molecule has 8 heteroatoms. The molecule has 2 N–H and O–H groups in total. The van der Waals surface area contributed by atoms with Gasteiger partial charge in [0.25, 0.3) is 0 Å². The maximum absolute atomic E-state index is 11.6. The zero-order valence-electron chi connectivity index (χ0n) is 16.5. The summed E-state index contributed by atoms with van der Waals surface area (Å²) in [5.74, 6) is 1.04. The van der Waals surface area contributed by atoms with E-state index >= 15 is 0 Å². The third-order valence-corrected chi connectivity index (χ3v) is 5.14. The lowest BCUT2D eigenvalue weighted by Crippen LogP contribution is -2.51. The van der Waals surface area contributed by atoms with Crippen LogP contribution in [0.25, 0.3) is 0 Å². The maximum Gasteiger partial charge on any atom is 0.222 e. The molecule has 2 heterocycles. The van der Waals surface area contributed by atoms with Crippen LogP contribution in [0, 0.1) is 0 Å². The quantitative estimate of drug-likeness (QED) is 0.376. The first-order valence-electron chi connectivity index (χ1n) is 9.03. The van der Waals surface area contributed by atoms with E-state index < -0.39 is 0 Å². The van der Waals surface area contributed by atoms with Crippen molar-refractivity contribution in [1.29, 1.82) is 0 Å². The van der Waals surface area contributed by atoms with Crippen LogP contribution in [0.1, 0.15) is 51.2 Å². The molecule has 1 saturated heterocycles. The molecule has 1 unspecified atom stereocenters. The van der Waals surface area contributed by atoms with Crippen LogP contribution in [-0.4, -0.2) is 54.5 Å². The van der Waals surface area contributed by atoms with E-state index in [0.717, 1.165) is 42.6 Å². The van der Waals surface area contributed by atoms with E-state index in [-0.39, 0.29) is 41.3 Å². The third-order valence-electron chi connectivity index (χ3n) is 4.23. The second-order valence-electron chi connectivity index (χ2n) is 7.54. The number of amides is 1. The Kier molecular flexibility index (Phi) is 9.29. The molecule has 0 aliphatic carbocycles. The standard InChI is InChI=1S/C18H31N5OS.HI/c1-6-19-17(21-13-7-8-16(24)23(5)11-13)20-10-9-15-22-14(12-25-15)18(2,3)4;/h12-13H,6-11H2,1-5H3,(H2,19,20,21);1H. The number of likely N-dealkylation sites (N-methyl/N-ethyl adjacent to an activating group) is 1. The Balaban J connectivity index is 0.00000338. The number of nitrogens with zero attached hydrogens (tertiary/aromatic N) is 3. The summed E-state index contributed by atoms with van der Waals surface area (Å²) in [6.07, 6.45) is 2.30. The van der Waals surface area contributed by atoms with E-state index in [4.69, 9.17) is 4.98 Å². The number of carbonyl (C=O) groups excluding carboxylic acids is 1. The summed E-state index contributed by atoms with van der Waals surface area (Å²) in [5, 5.41) is 10.0. The molecule has 0 spiro atoms. The monoisotopic (exact) mass is 493 g/mol. The first-order chi connectivity index (χ1) is 11.8. The fraction of sp³-hybridized carbons (Fsp3) is 0.722. The summed E-state index contributed by atoms with van der Waals surface area (Å²) in [7, 11) is 1.86. The Morgan fingerprint density at radius 1 is 1.46 bits per heavy atom. The van der Waals surface area contributed by atoms with Crippen molar-refractivity contribution in [2.75, 3.05) is 26.7 Å². The number of likely N-dealkylation sites (tertiary alicyclic amines) is 1. The Hall–Kier alpha value is -0.900. The summed E-state index contributed by atoms with van der Waals surface area (Å²) in [6.45, 7) is 10.9. The molecular weight excluding hydrogens is 461 g/mol. The van der Waals surface area contributed by atoms with Crippen molar-refractivity contribution < 1.29 is 4.79 Å². The predicted octanol–water partition coefficient (Wildman–Crippen LogP) is 2.78.